The molecule has 8 N–H and O–H groups in total. The second kappa shape index (κ2) is 10.4. The van der Waals surface area contributed by atoms with Crippen molar-refractivity contribution in [3.63, 3.8) is 0 Å². The zero-order valence-electron chi connectivity index (χ0n) is 14.7. The SMILES string of the molecule is NC(=O)CCC(NC(=O)C1CCCN1C(=O)C(N)CO)C(=O)NCC(=O)O. The van der Waals surface area contributed by atoms with Gasteiger partial charge in [-0.25, -0.2) is 0 Å². The summed E-state index contributed by atoms with van der Waals surface area (Å²) in [7, 11) is 0. The van der Waals surface area contributed by atoms with Crippen molar-refractivity contribution in [3.05, 3.63) is 0 Å². The van der Waals surface area contributed by atoms with Gasteiger partial charge in [-0.1, -0.05) is 0 Å². The van der Waals surface area contributed by atoms with Crippen molar-refractivity contribution < 1.29 is 34.2 Å². The molecule has 3 unspecified atom stereocenters. The fourth-order valence-corrected chi connectivity index (χ4v) is 2.70. The predicted octanol–water partition coefficient (Wildman–Crippen LogP) is -3.75. The number of aliphatic hydroxyl groups is 1. The van der Waals surface area contributed by atoms with Crippen LogP contribution in [-0.2, 0) is 24.0 Å². The first-order valence-electron chi connectivity index (χ1n) is 8.42. The molecule has 12 nitrogen and oxygen atoms in total. The van der Waals surface area contributed by atoms with Crippen molar-refractivity contribution in [2.75, 3.05) is 19.7 Å². The van der Waals surface area contributed by atoms with E-state index in [1.54, 1.807) is 0 Å². The lowest BCUT2D eigenvalue weighted by atomic mass is 10.1. The van der Waals surface area contributed by atoms with E-state index < -0.39 is 60.9 Å². The zero-order valence-corrected chi connectivity index (χ0v) is 14.7. The molecule has 0 aromatic heterocycles. The van der Waals surface area contributed by atoms with E-state index in [1.165, 1.54) is 4.90 Å². The smallest absolute Gasteiger partial charge is 0.322 e. The van der Waals surface area contributed by atoms with Crippen LogP contribution in [0.2, 0.25) is 0 Å². The number of carbonyl (C=O) groups is 5. The molecule has 0 spiro atoms. The van der Waals surface area contributed by atoms with Crippen molar-refractivity contribution in [3.8, 4) is 0 Å². The Bertz CT molecular complexity index is 597. The normalized spacial score (nSPS) is 18.4. The second-order valence-corrected chi connectivity index (χ2v) is 6.16. The number of carbonyl (C=O) groups excluding carboxylic acids is 4. The van der Waals surface area contributed by atoms with E-state index in [-0.39, 0.29) is 19.4 Å². The van der Waals surface area contributed by atoms with Gasteiger partial charge in [0.25, 0.3) is 0 Å². The topological polar surface area (TPSA) is 205 Å². The third-order valence-electron chi connectivity index (χ3n) is 4.08. The maximum Gasteiger partial charge on any atom is 0.322 e. The average Bonchev–Trinajstić information content (AvgIpc) is 3.11. The molecule has 0 bridgehead atoms. The third kappa shape index (κ3) is 6.83. The zero-order chi connectivity index (χ0) is 20.6. The first-order valence-corrected chi connectivity index (χ1v) is 8.42. The number of aliphatic hydroxyl groups excluding tert-OH is 1. The fourth-order valence-electron chi connectivity index (χ4n) is 2.70. The highest BCUT2D eigenvalue weighted by molar-refractivity contribution is 5.94. The molecule has 152 valence electrons. The minimum absolute atomic E-state index is 0.122. The molecule has 0 aliphatic carbocycles. The third-order valence-corrected chi connectivity index (χ3v) is 4.08. The summed E-state index contributed by atoms with van der Waals surface area (Å²) in [5.74, 6) is -3.96. The van der Waals surface area contributed by atoms with Gasteiger partial charge in [-0.2, -0.15) is 0 Å². The van der Waals surface area contributed by atoms with E-state index in [4.69, 9.17) is 21.7 Å². The summed E-state index contributed by atoms with van der Waals surface area (Å²) in [5.41, 5.74) is 10.6. The minimum Gasteiger partial charge on any atom is -0.480 e. The highest BCUT2D eigenvalue weighted by Crippen LogP contribution is 2.18. The monoisotopic (exact) mass is 387 g/mol. The van der Waals surface area contributed by atoms with Gasteiger partial charge >= 0.3 is 5.97 Å². The van der Waals surface area contributed by atoms with Crippen LogP contribution < -0.4 is 22.1 Å². The fraction of sp³-hybridized carbons (Fsp3) is 0.667. The molecule has 1 saturated heterocycles. The Hall–Kier alpha value is -2.73. The van der Waals surface area contributed by atoms with E-state index >= 15 is 0 Å². The van der Waals surface area contributed by atoms with Crippen LogP contribution in [0.5, 0.6) is 0 Å². The number of aliphatic carboxylic acids is 1. The maximum atomic E-state index is 12.5. The Morgan fingerprint density at radius 2 is 1.89 bits per heavy atom. The van der Waals surface area contributed by atoms with Crippen LogP contribution in [0, 0.1) is 0 Å². The molecule has 1 aliphatic rings. The van der Waals surface area contributed by atoms with Gasteiger partial charge in [-0.15, -0.1) is 0 Å². The quantitative estimate of drug-likeness (QED) is 0.219. The molecule has 1 fully saturated rings. The Balaban J connectivity index is 2.80. The van der Waals surface area contributed by atoms with Crippen molar-refractivity contribution in [1.29, 1.82) is 0 Å². The van der Waals surface area contributed by atoms with Crippen molar-refractivity contribution in [1.82, 2.24) is 15.5 Å². The van der Waals surface area contributed by atoms with E-state index in [0.717, 1.165) is 0 Å². The standard InChI is InChI=1S/C15H25N5O7/c16-8(7-21)15(27)20-5-1-2-10(20)14(26)19-9(3-4-11(17)22)13(25)18-6-12(23)24/h8-10,21H,1-7,16H2,(H2,17,22)(H,18,25)(H,19,26)(H,23,24). The molecular weight excluding hydrogens is 362 g/mol. The summed E-state index contributed by atoms with van der Waals surface area (Å²) < 4.78 is 0. The number of rotatable bonds is 10. The van der Waals surface area contributed by atoms with Gasteiger partial charge in [0.15, 0.2) is 0 Å². The maximum absolute atomic E-state index is 12.5. The van der Waals surface area contributed by atoms with Gasteiger partial charge in [-0.05, 0) is 19.3 Å². The lowest BCUT2D eigenvalue weighted by Crippen LogP contribution is -2.56. The van der Waals surface area contributed by atoms with Gasteiger partial charge < -0.3 is 37.2 Å². The summed E-state index contributed by atoms with van der Waals surface area (Å²) in [6.45, 7) is -0.939. The Kier molecular flexibility index (Phi) is 8.62. The number of likely N-dealkylation sites (tertiary alicyclic amines) is 1. The second-order valence-electron chi connectivity index (χ2n) is 6.16. The van der Waals surface area contributed by atoms with E-state index in [9.17, 15) is 24.0 Å². The Morgan fingerprint density at radius 3 is 2.44 bits per heavy atom. The summed E-state index contributed by atoms with van der Waals surface area (Å²) in [4.78, 5) is 59.6. The van der Waals surface area contributed by atoms with Crippen LogP contribution in [-0.4, -0.2) is 82.5 Å². The summed E-state index contributed by atoms with van der Waals surface area (Å²) >= 11 is 0. The molecular formula is C15H25N5O7. The van der Waals surface area contributed by atoms with Gasteiger partial charge in [0, 0.05) is 13.0 Å². The van der Waals surface area contributed by atoms with Crippen LogP contribution in [0.25, 0.3) is 0 Å². The molecule has 0 aromatic rings. The van der Waals surface area contributed by atoms with Gasteiger partial charge in [0.1, 0.15) is 24.7 Å². The first-order chi connectivity index (χ1) is 12.7. The summed E-state index contributed by atoms with van der Waals surface area (Å²) in [6, 6.07) is -3.21. The lowest BCUT2D eigenvalue weighted by Gasteiger charge is -2.27. The number of nitrogens with zero attached hydrogens (tertiary/aromatic N) is 1. The number of nitrogens with one attached hydrogen (secondary N) is 2. The van der Waals surface area contributed by atoms with Gasteiger partial charge in [0.05, 0.1) is 6.61 Å². The molecule has 1 aliphatic heterocycles. The molecule has 0 radical (unpaired) electrons. The van der Waals surface area contributed by atoms with Crippen LogP contribution in [0.15, 0.2) is 0 Å². The minimum atomic E-state index is -1.27. The number of carboxylic acid groups (broad SMARTS) is 1. The van der Waals surface area contributed by atoms with E-state index in [1.807, 2.05) is 0 Å². The lowest BCUT2D eigenvalue weighted by molar-refractivity contribution is -0.141. The predicted molar refractivity (Wildman–Crippen MR) is 90.8 cm³/mol. The number of primary amides is 1. The number of amides is 4. The van der Waals surface area contributed by atoms with E-state index in [0.29, 0.717) is 12.8 Å². The van der Waals surface area contributed by atoms with Crippen LogP contribution in [0.3, 0.4) is 0 Å². The number of nitrogens with two attached hydrogens (primary N) is 2. The molecule has 0 aromatic carbocycles. The Labute approximate surface area is 155 Å². The molecule has 0 saturated carbocycles. The molecule has 4 amide bonds. The highest BCUT2D eigenvalue weighted by Gasteiger charge is 2.37. The first kappa shape index (κ1) is 22.3. The number of hydrogen-bond acceptors (Lipinski definition) is 7. The van der Waals surface area contributed by atoms with Crippen molar-refractivity contribution in [2.24, 2.45) is 11.5 Å². The highest BCUT2D eigenvalue weighted by atomic mass is 16.4. The Morgan fingerprint density at radius 1 is 1.22 bits per heavy atom. The summed E-state index contributed by atoms with van der Waals surface area (Å²) in [6.07, 6.45) is 0.561. The van der Waals surface area contributed by atoms with Crippen molar-refractivity contribution >= 4 is 29.6 Å². The van der Waals surface area contributed by atoms with Crippen LogP contribution in [0.1, 0.15) is 25.7 Å². The van der Waals surface area contributed by atoms with E-state index in [2.05, 4.69) is 10.6 Å². The molecule has 27 heavy (non-hydrogen) atoms. The van der Waals surface area contributed by atoms with Crippen LogP contribution >= 0.6 is 0 Å². The molecule has 1 rings (SSSR count). The molecule has 3 atom stereocenters. The molecule has 12 heteroatoms. The van der Waals surface area contributed by atoms with Gasteiger partial charge in [-0.3, -0.25) is 24.0 Å². The number of hydrogen-bond donors (Lipinski definition) is 6. The van der Waals surface area contributed by atoms with Crippen LogP contribution in [0.4, 0.5) is 0 Å². The summed E-state index contributed by atoms with van der Waals surface area (Å²) in [5, 5.41) is 22.2. The molecule has 1 heterocycles. The van der Waals surface area contributed by atoms with Gasteiger partial charge in [0.2, 0.25) is 23.6 Å². The number of carboxylic acids is 1. The largest absolute Gasteiger partial charge is 0.480 e. The average molecular weight is 387 g/mol. The van der Waals surface area contributed by atoms with Crippen molar-refractivity contribution in [2.45, 2.75) is 43.8 Å².